The van der Waals surface area contributed by atoms with Gasteiger partial charge in [-0.3, -0.25) is 9.89 Å². The molecule has 0 spiro atoms. The van der Waals surface area contributed by atoms with Crippen LogP contribution in [0, 0.1) is 0 Å². The largest absolute Gasteiger partial charge is 0.491 e. The Morgan fingerprint density at radius 2 is 1.88 bits per heavy atom. The van der Waals surface area contributed by atoms with Gasteiger partial charge in [0, 0.05) is 39.1 Å². The van der Waals surface area contributed by atoms with Gasteiger partial charge < -0.3 is 29.6 Å². The van der Waals surface area contributed by atoms with Crippen LogP contribution in [0.4, 0.5) is 0 Å². The van der Waals surface area contributed by atoms with E-state index in [9.17, 15) is 5.11 Å². The minimum atomic E-state index is -0.689. The number of rotatable bonds is 11. The molecule has 2 aromatic rings. The molecule has 8 nitrogen and oxygen atoms in total. The molecule has 1 atom stereocenters. The first-order valence-corrected chi connectivity index (χ1v) is 11.4. The number of benzene rings is 1. The van der Waals surface area contributed by atoms with Gasteiger partial charge in [-0.1, -0.05) is 12.1 Å². The molecule has 2 heterocycles. The fraction of sp³-hybridized carbons (Fsp3) is 0.542. The average Bonchev–Trinajstić information content (AvgIpc) is 3.31. The van der Waals surface area contributed by atoms with Crippen LogP contribution in [0.15, 0.2) is 52.1 Å². The van der Waals surface area contributed by atoms with Gasteiger partial charge in [0.05, 0.1) is 38.2 Å². The Bertz CT molecular complexity index is 787. The maximum Gasteiger partial charge on any atom is 0.191 e. The van der Waals surface area contributed by atoms with Crippen molar-refractivity contribution in [3.8, 4) is 5.75 Å². The molecule has 1 aliphatic rings. The van der Waals surface area contributed by atoms with Crippen molar-refractivity contribution in [1.29, 1.82) is 0 Å². The zero-order chi connectivity index (χ0) is 22.6. The molecule has 1 aliphatic heterocycles. The highest BCUT2D eigenvalue weighted by Gasteiger charge is 2.11. The Balaban J connectivity index is 1.52. The minimum absolute atomic E-state index is 0.119. The van der Waals surface area contributed by atoms with Crippen molar-refractivity contribution in [1.82, 2.24) is 15.5 Å². The van der Waals surface area contributed by atoms with Gasteiger partial charge in [0.25, 0.3) is 0 Å². The lowest BCUT2D eigenvalue weighted by Gasteiger charge is -2.26. The Labute approximate surface area is 190 Å². The maximum absolute atomic E-state index is 10.6. The highest BCUT2D eigenvalue weighted by atomic mass is 16.5. The molecule has 1 aromatic heterocycles. The van der Waals surface area contributed by atoms with E-state index in [0.29, 0.717) is 12.5 Å². The lowest BCUT2D eigenvalue weighted by atomic mass is 10.1. The molecule has 3 rings (SSSR count). The number of furan rings is 1. The van der Waals surface area contributed by atoms with Gasteiger partial charge >= 0.3 is 0 Å². The van der Waals surface area contributed by atoms with Crippen molar-refractivity contribution in [2.45, 2.75) is 32.5 Å². The van der Waals surface area contributed by atoms with Crippen molar-refractivity contribution in [3.63, 3.8) is 0 Å². The molecule has 1 aromatic carbocycles. The molecule has 32 heavy (non-hydrogen) atoms. The van der Waals surface area contributed by atoms with Gasteiger partial charge in [-0.15, -0.1) is 0 Å². The van der Waals surface area contributed by atoms with Crippen molar-refractivity contribution < 1.29 is 19.0 Å². The number of nitrogens with zero attached hydrogens (tertiary/aromatic N) is 2. The second-order valence-corrected chi connectivity index (χ2v) is 8.08. The van der Waals surface area contributed by atoms with Crippen LogP contribution < -0.4 is 15.4 Å². The van der Waals surface area contributed by atoms with E-state index in [1.807, 2.05) is 50.2 Å². The van der Waals surface area contributed by atoms with Crippen LogP contribution in [0.3, 0.4) is 0 Å². The first-order chi connectivity index (χ1) is 15.6. The van der Waals surface area contributed by atoms with E-state index in [1.165, 1.54) is 0 Å². The molecule has 0 aliphatic carbocycles. The quantitative estimate of drug-likeness (QED) is 0.362. The average molecular weight is 445 g/mol. The van der Waals surface area contributed by atoms with E-state index in [4.69, 9.17) is 13.9 Å². The second-order valence-electron chi connectivity index (χ2n) is 8.08. The van der Waals surface area contributed by atoms with Crippen LogP contribution in [0.2, 0.25) is 0 Å². The van der Waals surface area contributed by atoms with Crippen molar-refractivity contribution in [2.24, 2.45) is 4.99 Å². The fourth-order valence-electron chi connectivity index (χ4n) is 3.41. The lowest BCUT2D eigenvalue weighted by molar-refractivity contribution is 0.0389. The smallest absolute Gasteiger partial charge is 0.191 e. The maximum atomic E-state index is 10.6. The van der Waals surface area contributed by atoms with Crippen LogP contribution in [0.5, 0.6) is 5.75 Å². The summed E-state index contributed by atoms with van der Waals surface area (Å²) in [6.45, 7) is 10.1. The summed E-state index contributed by atoms with van der Waals surface area (Å²) in [6, 6.07) is 11.4. The first-order valence-electron chi connectivity index (χ1n) is 11.4. The molecular formula is C24H36N4O4. The Kier molecular flexibility index (Phi) is 9.87. The van der Waals surface area contributed by atoms with Crippen molar-refractivity contribution in [3.05, 3.63) is 54.0 Å². The third-order valence-corrected chi connectivity index (χ3v) is 5.13. The number of hydrogen-bond acceptors (Lipinski definition) is 6. The molecule has 0 saturated carbocycles. The number of morpholine rings is 1. The summed E-state index contributed by atoms with van der Waals surface area (Å²) < 4.78 is 16.5. The topological polar surface area (TPSA) is 91.5 Å². The number of aliphatic hydroxyl groups is 1. The van der Waals surface area contributed by atoms with Gasteiger partial charge in [-0.05, 0) is 43.7 Å². The summed E-state index contributed by atoms with van der Waals surface area (Å²) in [6.07, 6.45) is 1.87. The van der Waals surface area contributed by atoms with Crippen molar-refractivity contribution in [2.75, 3.05) is 52.5 Å². The molecule has 0 radical (unpaired) electrons. The third kappa shape index (κ3) is 8.53. The highest BCUT2D eigenvalue weighted by molar-refractivity contribution is 5.79. The van der Waals surface area contributed by atoms with E-state index in [-0.39, 0.29) is 12.6 Å². The van der Waals surface area contributed by atoms with Crippen LogP contribution in [-0.2, 0) is 11.2 Å². The van der Waals surface area contributed by atoms with E-state index >= 15 is 0 Å². The fourth-order valence-corrected chi connectivity index (χ4v) is 3.41. The second kappa shape index (κ2) is 13.1. The minimum Gasteiger partial charge on any atom is -0.491 e. The molecule has 3 N–H and O–H groups in total. The SMILES string of the molecule is CC(C)Oc1ccc(C(O)CN=C(NCCc2ccco2)NCCN2CCOCC2)cc1. The third-order valence-electron chi connectivity index (χ3n) is 5.13. The number of nitrogens with one attached hydrogen (secondary N) is 2. The lowest BCUT2D eigenvalue weighted by Crippen LogP contribution is -2.45. The zero-order valence-electron chi connectivity index (χ0n) is 19.1. The highest BCUT2D eigenvalue weighted by Crippen LogP contribution is 2.19. The normalized spacial score (nSPS) is 16.2. The van der Waals surface area contributed by atoms with Crippen LogP contribution in [-0.4, -0.2) is 74.6 Å². The van der Waals surface area contributed by atoms with Crippen molar-refractivity contribution >= 4 is 5.96 Å². The van der Waals surface area contributed by atoms with Crippen LogP contribution in [0.1, 0.15) is 31.3 Å². The summed E-state index contributed by atoms with van der Waals surface area (Å²) in [5.41, 5.74) is 0.813. The van der Waals surface area contributed by atoms with E-state index in [1.54, 1.807) is 6.26 Å². The molecular weight excluding hydrogens is 408 g/mol. The summed E-state index contributed by atoms with van der Waals surface area (Å²) in [5, 5.41) is 17.3. The standard InChI is InChI=1S/C24H36N4O4/c1-19(2)32-22-7-5-20(6-8-22)23(29)18-27-24(25-10-9-21-4-3-15-31-21)26-11-12-28-13-16-30-17-14-28/h3-8,15,19,23,29H,9-14,16-18H2,1-2H3,(H2,25,26,27). The predicted molar refractivity (Wildman–Crippen MR) is 125 cm³/mol. The summed E-state index contributed by atoms with van der Waals surface area (Å²) in [7, 11) is 0. The van der Waals surface area contributed by atoms with E-state index in [2.05, 4.69) is 20.5 Å². The zero-order valence-corrected chi connectivity index (χ0v) is 19.1. The monoisotopic (exact) mass is 444 g/mol. The summed E-state index contributed by atoms with van der Waals surface area (Å²) in [5.74, 6) is 2.40. The van der Waals surface area contributed by atoms with Crippen LogP contribution in [0.25, 0.3) is 0 Å². The Morgan fingerprint density at radius 1 is 1.12 bits per heavy atom. The molecule has 0 amide bonds. The van der Waals surface area contributed by atoms with Gasteiger partial charge in [-0.25, -0.2) is 0 Å². The summed E-state index contributed by atoms with van der Waals surface area (Å²) >= 11 is 0. The van der Waals surface area contributed by atoms with Gasteiger partial charge in [-0.2, -0.15) is 0 Å². The number of guanidine groups is 1. The van der Waals surface area contributed by atoms with Gasteiger partial charge in [0.2, 0.25) is 0 Å². The van der Waals surface area contributed by atoms with Crippen LogP contribution >= 0.6 is 0 Å². The first kappa shape index (κ1) is 24.1. The molecule has 1 unspecified atom stereocenters. The molecule has 176 valence electrons. The molecule has 8 heteroatoms. The molecule has 1 saturated heterocycles. The van der Waals surface area contributed by atoms with E-state index < -0.39 is 6.10 Å². The summed E-state index contributed by atoms with van der Waals surface area (Å²) in [4.78, 5) is 6.98. The number of aliphatic hydroxyl groups excluding tert-OH is 1. The number of ether oxygens (including phenoxy) is 2. The van der Waals surface area contributed by atoms with Gasteiger partial charge in [0.1, 0.15) is 11.5 Å². The van der Waals surface area contributed by atoms with E-state index in [0.717, 1.165) is 62.9 Å². The molecule has 1 fully saturated rings. The van der Waals surface area contributed by atoms with Gasteiger partial charge in [0.15, 0.2) is 5.96 Å². The number of hydrogen-bond donors (Lipinski definition) is 3. The Morgan fingerprint density at radius 3 is 2.56 bits per heavy atom. The predicted octanol–water partition coefficient (Wildman–Crippen LogP) is 2.21. The molecule has 0 bridgehead atoms. The Hall–Kier alpha value is -2.55. The number of aliphatic imine (C=N–C) groups is 1.